The molecule has 8 heteroatoms. The normalized spacial score (nSPS) is 22.5. The van der Waals surface area contributed by atoms with Crippen molar-refractivity contribution in [3.8, 4) is 0 Å². The van der Waals surface area contributed by atoms with Crippen molar-refractivity contribution in [1.82, 2.24) is 4.90 Å². The number of nitrogens with zero attached hydrogens (tertiary/aromatic N) is 1. The largest absolute Gasteiger partial charge is 0.422 e. The standard InChI is InChI=1S/C29H20ClNO6/c1-16-24(25(32)21-14-18-6-2-5-9-23(18)37-27(21)34)28(35)26(33)20-7-3-4-8-22(20)29(28,36)31(16)15-17-10-12-19(30)13-11-17/h2-14,35-36H,15H2,1H3/t28-,29+/m0/s1. The van der Waals surface area contributed by atoms with E-state index in [1.807, 2.05) is 0 Å². The number of hydrogen-bond acceptors (Lipinski definition) is 7. The van der Waals surface area contributed by atoms with Crippen LogP contribution in [0.3, 0.4) is 0 Å². The van der Waals surface area contributed by atoms with Gasteiger partial charge in [0.15, 0.2) is 0 Å². The van der Waals surface area contributed by atoms with Crippen LogP contribution < -0.4 is 5.63 Å². The molecule has 37 heavy (non-hydrogen) atoms. The molecule has 0 amide bonds. The molecule has 2 atom stereocenters. The minimum absolute atomic E-state index is 0.0481. The number of aliphatic hydroxyl groups is 2. The number of hydrogen-bond donors (Lipinski definition) is 2. The third-order valence-corrected chi connectivity index (χ3v) is 7.52. The van der Waals surface area contributed by atoms with E-state index in [2.05, 4.69) is 0 Å². The maximum atomic E-state index is 14.0. The third kappa shape index (κ3) is 3.05. The Kier molecular flexibility index (Phi) is 5.04. The number of allylic oxidation sites excluding steroid dienone is 1. The molecule has 0 unspecified atom stereocenters. The number of Topliss-reactive ketones (excluding diaryl/α,β-unsaturated/α-hetero) is 2. The van der Waals surface area contributed by atoms with Crippen LogP contribution in [0.15, 0.2) is 99.3 Å². The summed E-state index contributed by atoms with van der Waals surface area (Å²) in [5.74, 6) is -1.71. The molecule has 184 valence electrons. The van der Waals surface area contributed by atoms with Crippen molar-refractivity contribution in [3.63, 3.8) is 0 Å². The van der Waals surface area contributed by atoms with Crippen LogP contribution in [-0.2, 0) is 12.3 Å². The molecule has 2 aliphatic rings. The van der Waals surface area contributed by atoms with Crippen LogP contribution >= 0.6 is 11.6 Å². The third-order valence-electron chi connectivity index (χ3n) is 7.27. The number of benzene rings is 3. The number of halogens is 1. The molecular formula is C29H20ClNO6. The Labute approximate surface area is 215 Å². The van der Waals surface area contributed by atoms with Crippen LogP contribution in [0.2, 0.25) is 5.02 Å². The van der Waals surface area contributed by atoms with Crippen molar-refractivity contribution in [2.75, 3.05) is 0 Å². The van der Waals surface area contributed by atoms with E-state index in [0.717, 1.165) is 5.56 Å². The van der Waals surface area contributed by atoms with Crippen LogP contribution in [0.25, 0.3) is 11.0 Å². The zero-order valence-corrected chi connectivity index (χ0v) is 20.3. The highest BCUT2D eigenvalue weighted by Crippen LogP contribution is 2.57. The Morgan fingerprint density at radius 1 is 0.973 bits per heavy atom. The molecule has 3 aromatic carbocycles. The lowest BCUT2D eigenvalue weighted by Crippen LogP contribution is -2.57. The van der Waals surface area contributed by atoms with Gasteiger partial charge >= 0.3 is 5.63 Å². The number of carbonyl (C=O) groups excluding carboxylic acids is 2. The number of carbonyl (C=O) groups is 2. The Bertz CT molecular complexity index is 1720. The van der Waals surface area contributed by atoms with Gasteiger partial charge in [-0.15, -0.1) is 0 Å². The highest BCUT2D eigenvalue weighted by atomic mass is 35.5. The SMILES string of the molecule is CC1=C(C(=O)c2cc3ccccc3oc2=O)[C@]2(O)C(=O)c3ccccc3[C@]2(O)N1Cc1ccc(Cl)cc1. The van der Waals surface area contributed by atoms with E-state index in [9.17, 15) is 24.6 Å². The first-order chi connectivity index (χ1) is 17.7. The van der Waals surface area contributed by atoms with Gasteiger partial charge in [0.2, 0.25) is 22.9 Å². The summed E-state index contributed by atoms with van der Waals surface area (Å²) >= 11 is 6.03. The summed E-state index contributed by atoms with van der Waals surface area (Å²) in [5, 5.41) is 25.3. The lowest BCUT2D eigenvalue weighted by atomic mass is 9.81. The van der Waals surface area contributed by atoms with E-state index >= 15 is 0 Å². The summed E-state index contributed by atoms with van der Waals surface area (Å²) in [6, 6.07) is 21.2. The van der Waals surface area contributed by atoms with Crippen molar-refractivity contribution >= 4 is 34.1 Å². The van der Waals surface area contributed by atoms with Crippen molar-refractivity contribution in [3.05, 3.63) is 128 Å². The van der Waals surface area contributed by atoms with Gasteiger partial charge in [0.05, 0.1) is 5.57 Å². The second-order valence-electron chi connectivity index (χ2n) is 9.24. The molecule has 0 bridgehead atoms. The van der Waals surface area contributed by atoms with E-state index in [1.165, 1.54) is 24.0 Å². The highest BCUT2D eigenvalue weighted by molar-refractivity contribution is 6.30. The summed E-state index contributed by atoms with van der Waals surface area (Å²) in [6.07, 6.45) is 0. The molecule has 0 fully saturated rings. The van der Waals surface area contributed by atoms with E-state index in [-0.39, 0.29) is 34.5 Å². The molecular weight excluding hydrogens is 494 g/mol. The van der Waals surface area contributed by atoms with Crippen LogP contribution in [0.4, 0.5) is 0 Å². The molecule has 0 saturated heterocycles. The fourth-order valence-corrected chi connectivity index (χ4v) is 5.62. The van der Waals surface area contributed by atoms with Crippen molar-refractivity contribution < 1.29 is 24.2 Å². The van der Waals surface area contributed by atoms with E-state index in [0.29, 0.717) is 16.0 Å². The highest BCUT2D eigenvalue weighted by Gasteiger charge is 2.72. The van der Waals surface area contributed by atoms with E-state index < -0.39 is 28.5 Å². The smallest absolute Gasteiger partial charge is 0.347 e. The average molecular weight is 514 g/mol. The molecule has 0 spiro atoms. The minimum Gasteiger partial charge on any atom is -0.422 e. The Hall–Kier alpha value is -4.04. The first-order valence-corrected chi connectivity index (χ1v) is 12.0. The Morgan fingerprint density at radius 3 is 2.41 bits per heavy atom. The number of ketones is 2. The van der Waals surface area contributed by atoms with Crippen LogP contribution in [0.5, 0.6) is 0 Å². The van der Waals surface area contributed by atoms with Gasteiger partial charge in [0, 0.05) is 33.8 Å². The molecule has 0 saturated carbocycles. The Balaban J connectivity index is 1.58. The van der Waals surface area contributed by atoms with Crippen molar-refractivity contribution in [1.29, 1.82) is 0 Å². The van der Waals surface area contributed by atoms with Crippen molar-refractivity contribution in [2.45, 2.75) is 24.8 Å². The predicted molar refractivity (Wildman–Crippen MR) is 136 cm³/mol. The monoisotopic (exact) mass is 513 g/mol. The minimum atomic E-state index is -2.65. The van der Waals surface area contributed by atoms with Gasteiger partial charge in [-0.3, -0.25) is 9.59 Å². The summed E-state index contributed by atoms with van der Waals surface area (Å²) < 4.78 is 5.35. The van der Waals surface area contributed by atoms with Gasteiger partial charge < -0.3 is 19.5 Å². The van der Waals surface area contributed by atoms with Gasteiger partial charge in [0.25, 0.3) is 0 Å². The molecule has 1 aliphatic heterocycles. The average Bonchev–Trinajstić information content (AvgIpc) is 3.18. The molecule has 2 N–H and O–H groups in total. The molecule has 7 nitrogen and oxygen atoms in total. The quantitative estimate of drug-likeness (QED) is 0.311. The molecule has 0 radical (unpaired) electrons. The summed E-state index contributed by atoms with van der Waals surface area (Å²) in [6.45, 7) is 1.59. The molecule has 6 rings (SSSR count). The first-order valence-electron chi connectivity index (χ1n) is 11.6. The predicted octanol–water partition coefficient (Wildman–Crippen LogP) is 4.19. The number of para-hydroxylation sites is 1. The fraction of sp³-hybridized carbons (Fsp3) is 0.138. The van der Waals surface area contributed by atoms with E-state index in [1.54, 1.807) is 66.7 Å². The molecule has 2 heterocycles. The summed E-state index contributed by atoms with van der Waals surface area (Å²) in [4.78, 5) is 41.9. The Morgan fingerprint density at radius 2 is 1.65 bits per heavy atom. The van der Waals surface area contributed by atoms with Gasteiger partial charge in [-0.2, -0.15) is 0 Å². The number of rotatable bonds is 4. The van der Waals surface area contributed by atoms with Gasteiger partial charge in [0.1, 0.15) is 11.1 Å². The fourth-order valence-electron chi connectivity index (χ4n) is 5.49. The second-order valence-corrected chi connectivity index (χ2v) is 9.68. The topological polar surface area (TPSA) is 108 Å². The zero-order valence-electron chi connectivity index (χ0n) is 19.6. The van der Waals surface area contributed by atoms with Crippen molar-refractivity contribution in [2.24, 2.45) is 0 Å². The summed E-state index contributed by atoms with van der Waals surface area (Å²) in [5.41, 5.74) is -5.11. The summed E-state index contributed by atoms with van der Waals surface area (Å²) in [7, 11) is 0. The lowest BCUT2D eigenvalue weighted by molar-refractivity contribution is -0.173. The molecule has 1 aliphatic carbocycles. The van der Waals surface area contributed by atoms with Gasteiger partial charge in [-0.25, -0.2) is 4.79 Å². The van der Waals surface area contributed by atoms with Gasteiger partial charge in [-0.1, -0.05) is 66.2 Å². The van der Waals surface area contributed by atoms with Crippen LogP contribution in [0, 0.1) is 0 Å². The molecule has 4 aromatic rings. The van der Waals surface area contributed by atoms with Gasteiger partial charge in [-0.05, 0) is 36.8 Å². The zero-order chi connectivity index (χ0) is 26.1. The van der Waals surface area contributed by atoms with E-state index in [4.69, 9.17) is 16.0 Å². The lowest BCUT2D eigenvalue weighted by Gasteiger charge is -2.40. The first kappa shape index (κ1) is 23.4. The van der Waals surface area contributed by atoms with Crippen LogP contribution in [0.1, 0.15) is 38.8 Å². The maximum Gasteiger partial charge on any atom is 0.347 e. The number of fused-ring (bicyclic) bond motifs is 4. The maximum absolute atomic E-state index is 14.0. The molecule has 1 aromatic heterocycles. The second kappa shape index (κ2) is 7.98. The van der Waals surface area contributed by atoms with Crippen LogP contribution in [-0.4, -0.2) is 32.3 Å².